The summed E-state index contributed by atoms with van der Waals surface area (Å²) in [6.45, 7) is 3.80. The third kappa shape index (κ3) is 4.04. The number of nitrogens with zero attached hydrogens (tertiary/aromatic N) is 2. The Morgan fingerprint density at radius 3 is 2.79 bits per heavy atom. The lowest BCUT2D eigenvalue weighted by molar-refractivity contribution is -0.930. The number of aromatic nitrogens is 1. The lowest BCUT2D eigenvalue weighted by atomic mass is 10.1. The molecule has 0 aliphatic carbocycles. The molecule has 0 radical (unpaired) electrons. The number of aliphatic hydroxyl groups is 1. The number of hydrogen-bond acceptors (Lipinski definition) is 5. The van der Waals surface area contributed by atoms with Crippen molar-refractivity contribution in [3.63, 3.8) is 0 Å². The first-order valence-electron chi connectivity index (χ1n) is 8.27. The summed E-state index contributed by atoms with van der Waals surface area (Å²) in [7, 11) is -3.53. The monoisotopic (exact) mass is 374 g/mol. The number of nitrogens with one attached hydrogen (secondary N) is 1. The maximum absolute atomic E-state index is 12.8. The van der Waals surface area contributed by atoms with Gasteiger partial charge in [0.1, 0.15) is 17.3 Å². The maximum atomic E-state index is 12.8. The minimum atomic E-state index is -3.53. The molecule has 2 fully saturated rings. The molecule has 0 amide bonds. The summed E-state index contributed by atoms with van der Waals surface area (Å²) >= 11 is 5.35. The van der Waals surface area contributed by atoms with Crippen LogP contribution in [-0.2, 0) is 21.4 Å². The summed E-state index contributed by atoms with van der Waals surface area (Å²) in [4.78, 5) is 1.47. The van der Waals surface area contributed by atoms with Crippen molar-refractivity contribution in [2.75, 3.05) is 39.4 Å². The number of likely N-dealkylation sites (tertiary alicyclic amines) is 1. The van der Waals surface area contributed by atoms with Crippen LogP contribution in [-0.4, -0.2) is 67.9 Å². The van der Waals surface area contributed by atoms with E-state index in [4.69, 9.17) is 17.0 Å². The molecule has 1 aromatic rings. The van der Waals surface area contributed by atoms with Crippen molar-refractivity contribution in [3.8, 4) is 0 Å². The topological polar surface area (TPSA) is 76.2 Å². The molecule has 0 spiro atoms. The first-order valence-corrected chi connectivity index (χ1v) is 10.1. The van der Waals surface area contributed by atoms with Crippen LogP contribution in [0.2, 0.25) is 0 Å². The van der Waals surface area contributed by atoms with E-state index in [1.54, 1.807) is 22.9 Å². The smallest absolute Gasteiger partial charge is 0.244 e. The number of pyridine rings is 1. The number of morpholine rings is 1. The standard InChI is InChI=1S/C15H23N3O4S2/c19-13-2-1-5-16(10-13)12-17-11-14(3-4-15(17)23)24(20,21)18-6-8-22-9-7-18/h3-4,11,13,19H,1-2,5-10,12H2/p+1/t13-/m1/s1. The zero-order valence-electron chi connectivity index (χ0n) is 13.6. The van der Waals surface area contributed by atoms with Gasteiger partial charge in [-0.1, -0.05) is 12.2 Å². The second-order valence-corrected chi connectivity index (χ2v) is 8.70. The lowest BCUT2D eigenvalue weighted by Gasteiger charge is -2.28. The minimum Gasteiger partial charge on any atom is -0.387 e. The van der Waals surface area contributed by atoms with Crippen LogP contribution < -0.4 is 4.90 Å². The Labute approximate surface area is 147 Å². The van der Waals surface area contributed by atoms with Gasteiger partial charge in [0.15, 0.2) is 6.67 Å². The number of sulfonamides is 1. The summed E-state index contributed by atoms with van der Waals surface area (Å²) < 4.78 is 34.6. The third-order valence-electron chi connectivity index (χ3n) is 4.55. The highest BCUT2D eigenvalue weighted by Crippen LogP contribution is 2.16. The van der Waals surface area contributed by atoms with E-state index in [0.717, 1.165) is 19.4 Å². The molecule has 9 heteroatoms. The largest absolute Gasteiger partial charge is 0.387 e. The molecule has 3 rings (SSSR count). The zero-order chi connectivity index (χ0) is 17.2. The fourth-order valence-electron chi connectivity index (χ4n) is 3.23. The van der Waals surface area contributed by atoms with E-state index in [-0.39, 0.29) is 11.0 Å². The first kappa shape index (κ1) is 18.0. The van der Waals surface area contributed by atoms with E-state index in [1.165, 1.54) is 9.21 Å². The van der Waals surface area contributed by atoms with E-state index < -0.39 is 10.0 Å². The molecule has 2 saturated heterocycles. The molecule has 24 heavy (non-hydrogen) atoms. The summed E-state index contributed by atoms with van der Waals surface area (Å²) in [6.07, 6.45) is 3.14. The Bertz CT molecular complexity index is 728. The van der Waals surface area contributed by atoms with E-state index >= 15 is 0 Å². The molecule has 3 heterocycles. The van der Waals surface area contributed by atoms with Crippen molar-refractivity contribution in [2.45, 2.75) is 30.5 Å². The highest BCUT2D eigenvalue weighted by atomic mass is 32.2. The fourth-order valence-corrected chi connectivity index (χ4v) is 4.84. The Morgan fingerprint density at radius 1 is 1.33 bits per heavy atom. The van der Waals surface area contributed by atoms with Gasteiger partial charge in [-0.15, -0.1) is 0 Å². The molecule has 1 unspecified atom stereocenters. The first-order chi connectivity index (χ1) is 11.5. The van der Waals surface area contributed by atoms with Gasteiger partial charge in [0.2, 0.25) is 10.0 Å². The maximum Gasteiger partial charge on any atom is 0.244 e. The Balaban J connectivity index is 1.81. The minimum absolute atomic E-state index is 0.259. The average Bonchev–Trinajstić information content (AvgIpc) is 2.57. The van der Waals surface area contributed by atoms with Crippen LogP contribution in [0.1, 0.15) is 12.8 Å². The Kier molecular flexibility index (Phi) is 5.68. The van der Waals surface area contributed by atoms with Crippen molar-refractivity contribution in [1.82, 2.24) is 8.87 Å². The van der Waals surface area contributed by atoms with Crippen LogP contribution >= 0.6 is 12.2 Å². The molecule has 2 aliphatic heterocycles. The summed E-state index contributed by atoms with van der Waals surface area (Å²) in [6, 6.07) is 3.24. The average molecular weight is 375 g/mol. The van der Waals surface area contributed by atoms with Crippen LogP contribution in [0.5, 0.6) is 0 Å². The second kappa shape index (κ2) is 7.59. The van der Waals surface area contributed by atoms with Crippen LogP contribution in [0.15, 0.2) is 23.2 Å². The van der Waals surface area contributed by atoms with E-state index in [0.29, 0.717) is 44.2 Å². The number of rotatable bonds is 4. The molecular formula is C15H24N3O4S2+. The SMILES string of the molecule is O=S(=O)(c1ccc(=S)n(C[NH+]2CCC[C@@H](O)C2)c1)N1CCOCC1. The molecular weight excluding hydrogens is 350 g/mol. The zero-order valence-corrected chi connectivity index (χ0v) is 15.2. The van der Waals surface area contributed by atoms with Gasteiger partial charge in [0.05, 0.1) is 24.7 Å². The van der Waals surface area contributed by atoms with Crippen LogP contribution in [0.4, 0.5) is 0 Å². The molecule has 1 aromatic heterocycles. The van der Waals surface area contributed by atoms with Gasteiger partial charge in [-0.2, -0.15) is 4.31 Å². The summed E-state index contributed by atoms with van der Waals surface area (Å²) in [5.41, 5.74) is 0. The highest BCUT2D eigenvalue weighted by Gasteiger charge is 2.27. The van der Waals surface area contributed by atoms with Crippen LogP contribution in [0, 0.1) is 4.64 Å². The van der Waals surface area contributed by atoms with Gasteiger partial charge in [0.25, 0.3) is 0 Å². The van der Waals surface area contributed by atoms with E-state index in [1.807, 2.05) is 0 Å². The number of piperidine rings is 1. The number of quaternary nitrogens is 1. The summed E-state index contributed by atoms with van der Waals surface area (Å²) in [5, 5.41) is 9.81. The molecule has 134 valence electrons. The predicted molar refractivity (Wildman–Crippen MR) is 90.8 cm³/mol. The molecule has 2 atom stereocenters. The Hall–Kier alpha value is -0.840. The molecule has 7 nitrogen and oxygen atoms in total. The molecule has 0 saturated carbocycles. The Morgan fingerprint density at radius 2 is 2.08 bits per heavy atom. The van der Waals surface area contributed by atoms with Gasteiger partial charge >= 0.3 is 0 Å². The molecule has 2 aliphatic rings. The van der Waals surface area contributed by atoms with E-state index in [2.05, 4.69) is 0 Å². The van der Waals surface area contributed by atoms with Crippen molar-refractivity contribution in [2.24, 2.45) is 0 Å². The second-order valence-electron chi connectivity index (χ2n) is 6.35. The van der Waals surface area contributed by atoms with E-state index in [9.17, 15) is 13.5 Å². The highest BCUT2D eigenvalue weighted by molar-refractivity contribution is 7.89. The van der Waals surface area contributed by atoms with Crippen molar-refractivity contribution < 1.29 is 23.2 Å². The summed E-state index contributed by atoms with van der Waals surface area (Å²) in [5.74, 6) is 0. The quantitative estimate of drug-likeness (QED) is 0.678. The van der Waals surface area contributed by atoms with Gasteiger partial charge in [-0.3, -0.25) is 4.57 Å². The molecule has 0 aromatic carbocycles. The van der Waals surface area contributed by atoms with Gasteiger partial charge in [-0.25, -0.2) is 8.42 Å². The fraction of sp³-hybridized carbons (Fsp3) is 0.667. The number of aliphatic hydroxyl groups excluding tert-OH is 1. The lowest BCUT2D eigenvalue weighted by Crippen LogP contribution is -3.13. The normalized spacial score (nSPS) is 26.4. The van der Waals surface area contributed by atoms with Crippen LogP contribution in [0.25, 0.3) is 0 Å². The van der Waals surface area contributed by atoms with Gasteiger partial charge < -0.3 is 14.7 Å². The van der Waals surface area contributed by atoms with Crippen molar-refractivity contribution in [1.29, 1.82) is 0 Å². The van der Waals surface area contributed by atoms with Crippen molar-refractivity contribution in [3.05, 3.63) is 23.0 Å². The predicted octanol–water partition coefficient (Wildman–Crippen LogP) is -0.764. The molecule has 2 N–H and O–H groups in total. The van der Waals surface area contributed by atoms with Gasteiger partial charge in [-0.05, 0) is 25.0 Å². The third-order valence-corrected chi connectivity index (χ3v) is 6.80. The number of ether oxygens (including phenoxy) is 1. The van der Waals surface area contributed by atoms with Gasteiger partial charge in [0, 0.05) is 19.3 Å². The number of hydrogen-bond donors (Lipinski definition) is 2. The molecule has 0 bridgehead atoms. The van der Waals surface area contributed by atoms with Crippen molar-refractivity contribution >= 4 is 22.2 Å². The van der Waals surface area contributed by atoms with Crippen LogP contribution in [0.3, 0.4) is 0 Å².